The number of nitrogens with zero attached hydrogens (tertiary/aromatic N) is 1. The monoisotopic (exact) mass is 305 g/mol. The predicted octanol–water partition coefficient (Wildman–Crippen LogP) is 3.58. The van der Waals surface area contributed by atoms with E-state index in [1.54, 1.807) is 6.92 Å². The molecule has 1 aromatic carbocycles. The van der Waals surface area contributed by atoms with Crippen LogP contribution < -0.4 is 0 Å². The quantitative estimate of drug-likeness (QED) is 0.348. The summed E-state index contributed by atoms with van der Waals surface area (Å²) in [5.74, 6) is -0.439. The number of halogens is 2. The summed E-state index contributed by atoms with van der Waals surface area (Å²) in [6.07, 6.45) is -2.75. The third-order valence-electron chi connectivity index (χ3n) is 2.45. The number of nitro groups is 1. The fraction of sp³-hybridized carbons (Fsp3) is 0.417. The van der Waals surface area contributed by atoms with Crippen LogP contribution in [0.1, 0.15) is 25.3 Å². The Kier molecular flexibility index (Phi) is 5.87. The molecular formula is C12H13F2NO4S. The van der Waals surface area contributed by atoms with Crippen LogP contribution in [0.25, 0.3) is 0 Å². The molecule has 0 aliphatic heterocycles. The van der Waals surface area contributed by atoms with Crippen molar-refractivity contribution in [1.29, 1.82) is 0 Å². The highest BCUT2D eigenvalue weighted by Crippen LogP contribution is 2.36. The van der Waals surface area contributed by atoms with Crippen LogP contribution in [-0.2, 0) is 9.53 Å². The van der Waals surface area contributed by atoms with E-state index in [0.29, 0.717) is 0 Å². The van der Waals surface area contributed by atoms with E-state index >= 15 is 0 Å². The molecule has 0 aromatic heterocycles. The van der Waals surface area contributed by atoms with Gasteiger partial charge < -0.3 is 4.74 Å². The maximum Gasteiger partial charge on any atom is 0.306 e. The van der Waals surface area contributed by atoms with E-state index in [1.165, 1.54) is 19.2 Å². The summed E-state index contributed by atoms with van der Waals surface area (Å²) in [6.45, 7) is 1.69. The Balaban J connectivity index is 2.94. The highest BCUT2D eigenvalue weighted by Gasteiger charge is 2.20. The number of alkyl halides is 2. The Labute approximate surface area is 118 Å². The normalized spacial score (nSPS) is 12.2. The van der Waals surface area contributed by atoms with Gasteiger partial charge in [0.2, 0.25) is 0 Å². The lowest BCUT2D eigenvalue weighted by Gasteiger charge is -2.13. The van der Waals surface area contributed by atoms with Crippen LogP contribution in [0.3, 0.4) is 0 Å². The topological polar surface area (TPSA) is 69.4 Å². The third-order valence-corrected chi connectivity index (χ3v) is 3.64. The number of nitro benzene ring substituents is 1. The molecule has 20 heavy (non-hydrogen) atoms. The molecule has 0 bridgehead atoms. The van der Waals surface area contributed by atoms with E-state index in [0.717, 1.165) is 17.8 Å². The zero-order valence-electron chi connectivity index (χ0n) is 10.8. The van der Waals surface area contributed by atoms with Crippen molar-refractivity contribution in [2.45, 2.75) is 29.9 Å². The van der Waals surface area contributed by atoms with Gasteiger partial charge in [-0.3, -0.25) is 14.9 Å². The van der Waals surface area contributed by atoms with Crippen LogP contribution in [0.5, 0.6) is 0 Å². The van der Waals surface area contributed by atoms with Crippen molar-refractivity contribution < 1.29 is 23.2 Å². The van der Waals surface area contributed by atoms with Crippen LogP contribution in [-0.4, -0.2) is 23.3 Å². The molecule has 0 saturated heterocycles. The Bertz CT molecular complexity index is 510. The number of methoxy groups -OCH3 is 1. The first-order valence-corrected chi connectivity index (χ1v) is 6.53. The maximum absolute atomic E-state index is 12.9. The standard InChI is InChI=1S/C12H13F2NO4S/c1-7(5-11(16)19-2)20-10-4-3-8(15(17)18)6-9(10)12(13)14/h3-4,6-7,12H,5H2,1-2H3. The summed E-state index contributed by atoms with van der Waals surface area (Å²) in [6, 6.07) is 3.30. The van der Waals surface area contributed by atoms with Gasteiger partial charge >= 0.3 is 5.97 Å². The number of benzene rings is 1. The van der Waals surface area contributed by atoms with E-state index in [2.05, 4.69) is 4.74 Å². The number of hydrogen-bond donors (Lipinski definition) is 0. The molecule has 0 radical (unpaired) electrons. The minimum absolute atomic E-state index is 0.0703. The van der Waals surface area contributed by atoms with E-state index in [9.17, 15) is 23.7 Å². The van der Waals surface area contributed by atoms with Crippen molar-refractivity contribution in [1.82, 2.24) is 0 Å². The molecule has 0 spiro atoms. The number of non-ortho nitro benzene ring substituents is 1. The summed E-state index contributed by atoms with van der Waals surface area (Å²) < 4.78 is 30.3. The van der Waals surface area contributed by atoms with Crippen LogP contribution in [0.4, 0.5) is 14.5 Å². The van der Waals surface area contributed by atoms with Gasteiger partial charge in [-0.1, -0.05) is 6.92 Å². The molecule has 5 nitrogen and oxygen atoms in total. The number of carbonyl (C=O) groups excluding carboxylic acids is 1. The van der Waals surface area contributed by atoms with Gasteiger partial charge in [0.1, 0.15) is 0 Å². The van der Waals surface area contributed by atoms with Gasteiger partial charge in [0.05, 0.1) is 18.5 Å². The SMILES string of the molecule is COC(=O)CC(C)Sc1ccc([N+](=O)[O-])cc1C(F)F. The van der Waals surface area contributed by atoms with Crippen LogP contribution in [0.2, 0.25) is 0 Å². The van der Waals surface area contributed by atoms with Crippen molar-refractivity contribution in [3.05, 3.63) is 33.9 Å². The van der Waals surface area contributed by atoms with Gasteiger partial charge in [-0.05, 0) is 6.07 Å². The Morgan fingerprint density at radius 3 is 2.65 bits per heavy atom. The number of carbonyl (C=O) groups is 1. The molecule has 110 valence electrons. The van der Waals surface area contributed by atoms with Crippen LogP contribution >= 0.6 is 11.8 Å². The highest BCUT2D eigenvalue weighted by molar-refractivity contribution is 8.00. The number of esters is 1. The van der Waals surface area contributed by atoms with E-state index in [-0.39, 0.29) is 22.3 Å². The number of ether oxygens (including phenoxy) is 1. The van der Waals surface area contributed by atoms with Gasteiger partial charge in [0.15, 0.2) is 0 Å². The molecular weight excluding hydrogens is 292 g/mol. The Hall–Kier alpha value is -1.70. The van der Waals surface area contributed by atoms with E-state index < -0.39 is 22.9 Å². The molecule has 0 fully saturated rings. The second-order valence-electron chi connectivity index (χ2n) is 3.99. The van der Waals surface area contributed by atoms with E-state index in [4.69, 9.17) is 0 Å². The fourth-order valence-electron chi connectivity index (χ4n) is 1.50. The van der Waals surface area contributed by atoms with Crippen molar-refractivity contribution in [3.8, 4) is 0 Å². The number of rotatable bonds is 6. The van der Waals surface area contributed by atoms with Crippen molar-refractivity contribution in [2.75, 3.05) is 7.11 Å². The number of hydrogen-bond acceptors (Lipinski definition) is 5. The maximum atomic E-state index is 12.9. The average molecular weight is 305 g/mol. The van der Waals surface area contributed by atoms with Gasteiger partial charge in [0, 0.05) is 27.8 Å². The molecule has 1 rings (SSSR count). The fourth-order valence-corrected chi connectivity index (χ4v) is 2.59. The van der Waals surface area contributed by atoms with Gasteiger partial charge in [-0.25, -0.2) is 8.78 Å². The van der Waals surface area contributed by atoms with Crippen molar-refractivity contribution >= 4 is 23.4 Å². The average Bonchev–Trinajstić information content (AvgIpc) is 2.38. The molecule has 8 heteroatoms. The lowest BCUT2D eigenvalue weighted by Crippen LogP contribution is -2.08. The molecule has 0 aliphatic carbocycles. The van der Waals surface area contributed by atoms with Crippen LogP contribution in [0.15, 0.2) is 23.1 Å². The first-order chi connectivity index (χ1) is 9.35. The molecule has 0 aliphatic rings. The van der Waals surface area contributed by atoms with Crippen LogP contribution in [0, 0.1) is 10.1 Å². The lowest BCUT2D eigenvalue weighted by molar-refractivity contribution is -0.385. The zero-order chi connectivity index (χ0) is 15.3. The zero-order valence-corrected chi connectivity index (χ0v) is 11.7. The summed E-state index contributed by atoms with van der Waals surface area (Å²) in [5.41, 5.74) is -0.786. The van der Waals surface area contributed by atoms with Gasteiger partial charge in [0.25, 0.3) is 12.1 Å². The predicted molar refractivity (Wildman–Crippen MR) is 70.0 cm³/mol. The minimum atomic E-state index is -2.82. The first kappa shape index (κ1) is 16.4. The molecule has 0 saturated carbocycles. The Morgan fingerprint density at radius 1 is 1.50 bits per heavy atom. The molecule has 0 heterocycles. The second kappa shape index (κ2) is 7.18. The summed E-state index contributed by atoms with van der Waals surface area (Å²) in [5, 5.41) is 10.3. The van der Waals surface area contributed by atoms with Gasteiger partial charge in [-0.15, -0.1) is 11.8 Å². The van der Waals surface area contributed by atoms with Crippen molar-refractivity contribution in [3.63, 3.8) is 0 Å². The molecule has 0 amide bonds. The largest absolute Gasteiger partial charge is 0.469 e. The smallest absolute Gasteiger partial charge is 0.306 e. The Morgan fingerprint density at radius 2 is 2.15 bits per heavy atom. The summed E-state index contributed by atoms with van der Waals surface area (Å²) in [4.78, 5) is 21.2. The summed E-state index contributed by atoms with van der Waals surface area (Å²) >= 11 is 1.06. The lowest BCUT2D eigenvalue weighted by atomic mass is 10.2. The molecule has 1 aromatic rings. The molecule has 0 N–H and O–H groups in total. The minimum Gasteiger partial charge on any atom is -0.469 e. The second-order valence-corrected chi connectivity index (χ2v) is 5.47. The molecule has 1 atom stereocenters. The first-order valence-electron chi connectivity index (χ1n) is 5.65. The molecule has 1 unspecified atom stereocenters. The summed E-state index contributed by atoms with van der Waals surface area (Å²) in [7, 11) is 1.25. The van der Waals surface area contributed by atoms with Crippen molar-refractivity contribution in [2.24, 2.45) is 0 Å². The highest BCUT2D eigenvalue weighted by atomic mass is 32.2. The van der Waals surface area contributed by atoms with Gasteiger partial charge in [-0.2, -0.15) is 0 Å². The third kappa shape index (κ3) is 4.44. The number of thioether (sulfide) groups is 1. The van der Waals surface area contributed by atoms with E-state index in [1.807, 2.05) is 0 Å².